The summed E-state index contributed by atoms with van der Waals surface area (Å²) in [6.45, 7) is 0. The van der Waals surface area contributed by atoms with Crippen LogP contribution in [-0.4, -0.2) is 16.4 Å². The summed E-state index contributed by atoms with van der Waals surface area (Å²) >= 11 is 0. The molecule has 5 aromatic carbocycles. The second kappa shape index (κ2) is 6.90. The van der Waals surface area contributed by atoms with Gasteiger partial charge in [-0.2, -0.15) is 0 Å². The first kappa shape index (κ1) is 18.8. The summed E-state index contributed by atoms with van der Waals surface area (Å²) in [6, 6.07) is 34.9. The Morgan fingerprint density at radius 2 is 1.24 bits per heavy atom. The van der Waals surface area contributed by atoms with Gasteiger partial charge in [0, 0.05) is 16.2 Å². The normalized spacial score (nSPS) is 13.1. The molecule has 0 spiro atoms. The number of para-hydroxylation sites is 2. The number of amides is 2. The first-order chi connectivity index (χ1) is 16.7. The highest BCUT2D eigenvalue weighted by molar-refractivity contribution is 6.24. The molecule has 0 saturated heterocycles. The average Bonchev–Trinajstić information content (AvgIpc) is 3.37. The third kappa shape index (κ3) is 2.54. The number of hydrogen-bond acceptors (Lipinski definition) is 2. The second-order valence-electron chi connectivity index (χ2n) is 8.59. The van der Waals surface area contributed by atoms with E-state index >= 15 is 0 Å². The van der Waals surface area contributed by atoms with Crippen LogP contribution in [0.25, 0.3) is 49.4 Å². The lowest BCUT2D eigenvalue weighted by Gasteiger charge is -2.13. The van der Waals surface area contributed by atoms with E-state index in [1.165, 1.54) is 10.8 Å². The van der Waals surface area contributed by atoms with Gasteiger partial charge in [-0.25, -0.2) is 0 Å². The molecule has 1 aliphatic heterocycles. The highest BCUT2D eigenvalue weighted by atomic mass is 16.2. The van der Waals surface area contributed by atoms with Crippen LogP contribution in [0.1, 0.15) is 20.7 Å². The summed E-state index contributed by atoms with van der Waals surface area (Å²) in [5.41, 5.74) is 5.99. The fraction of sp³-hybridized carbons (Fsp3) is 0. The van der Waals surface area contributed by atoms with Crippen molar-refractivity contribution in [2.45, 2.75) is 0 Å². The van der Waals surface area contributed by atoms with Crippen LogP contribution in [-0.2, 0) is 0 Å². The third-order valence-electron chi connectivity index (χ3n) is 6.75. The average molecular weight is 438 g/mol. The molecule has 4 nitrogen and oxygen atoms in total. The predicted molar refractivity (Wildman–Crippen MR) is 136 cm³/mol. The van der Waals surface area contributed by atoms with E-state index in [2.05, 4.69) is 88.7 Å². The van der Waals surface area contributed by atoms with Gasteiger partial charge in [-0.1, -0.05) is 72.8 Å². The third-order valence-corrected chi connectivity index (χ3v) is 6.75. The molecule has 34 heavy (non-hydrogen) atoms. The molecule has 160 valence electrons. The van der Waals surface area contributed by atoms with E-state index in [-0.39, 0.29) is 11.8 Å². The summed E-state index contributed by atoms with van der Waals surface area (Å²) in [6.07, 6.45) is 0. The van der Waals surface area contributed by atoms with Crippen molar-refractivity contribution in [3.63, 3.8) is 0 Å². The standard InChI is InChI=1S/C30H18N2O2/c33-29-24-11-6-10-21(28(24)30(34)31-29)19-15-16-20-18(17-19)7-5-14-25(20)32-26-12-3-1-8-22(26)23-9-2-4-13-27(23)32/h1-17H,(H,31,33,34). The van der Waals surface area contributed by atoms with Crippen molar-refractivity contribution < 1.29 is 9.59 Å². The first-order valence-corrected chi connectivity index (χ1v) is 11.2. The predicted octanol–water partition coefficient (Wildman–Crippen LogP) is 6.49. The van der Waals surface area contributed by atoms with E-state index in [4.69, 9.17) is 0 Å². The Bertz CT molecular complexity index is 1770. The number of carbonyl (C=O) groups excluding carboxylic acids is 2. The van der Waals surface area contributed by atoms with Gasteiger partial charge in [-0.3, -0.25) is 14.9 Å². The van der Waals surface area contributed by atoms with Crippen LogP contribution >= 0.6 is 0 Å². The van der Waals surface area contributed by atoms with Gasteiger partial charge in [0.15, 0.2) is 0 Å². The Hall–Kier alpha value is -4.70. The summed E-state index contributed by atoms with van der Waals surface area (Å²) in [5, 5.41) is 7.04. The fourth-order valence-electron chi connectivity index (χ4n) is 5.27. The van der Waals surface area contributed by atoms with Gasteiger partial charge in [0.2, 0.25) is 0 Å². The molecule has 0 saturated carbocycles. The minimum atomic E-state index is -0.338. The lowest BCUT2D eigenvalue weighted by Crippen LogP contribution is -2.20. The van der Waals surface area contributed by atoms with Crippen molar-refractivity contribution >= 4 is 44.4 Å². The molecular formula is C30H18N2O2. The van der Waals surface area contributed by atoms with Crippen LogP contribution in [0.15, 0.2) is 103 Å². The molecule has 1 aromatic heterocycles. The monoisotopic (exact) mass is 438 g/mol. The number of benzene rings is 5. The maximum atomic E-state index is 12.5. The highest BCUT2D eigenvalue weighted by Gasteiger charge is 2.29. The smallest absolute Gasteiger partial charge is 0.259 e. The molecule has 1 N–H and O–H groups in total. The van der Waals surface area contributed by atoms with Gasteiger partial charge in [0.1, 0.15) is 0 Å². The lowest BCUT2D eigenvalue weighted by molar-refractivity contribution is 0.0880. The number of carbonyl (C=O) groups is 2. The summed E-state index contributed by atoms with van der Waals surface area (Å²) in [4.78, 5) is 24.6. The van der Waals surface area contributed by atoms with E-state index in [0.29, 0.717) is 11.1 Å². The van der Waals surface area contributed by atoms with Crippen LogP contribution in [0.2, 0.25) is 0 Å². The zero-order valence-corrected chi connectivity index (χ0v) is 18.1. The zero-order chi connectivity index (χ0) is 22.8. The number of rotatable bonds is 2. The van der Waals surface area contributed by atoms with Gasteiger partial charge in [0.25, 0.3) is 11.8 Å². The summed E-state index contributed by atoms with van der Waals surface area (Å²) in [5.74, 6) is -0.675. The number of nitrogens with one attached hydrogen (secondary N) is 1. The molecule has 1 aliphatic rings. The van der Waals surface area contributed by atoms with Crippen LogP contribution in [0.5, 0.6) is 0 Å². The van der Waals surface area contributed by atoms with E-state index in [9.17, 15) is 9.59 Å². The van der Waals surface area contributed by atoms with Crippen molar-refractivity contribution in [2.75, 3.05) is 0 Å². The van der Waals surface area contributed by atoms with Crippen molar-refractivity contribution in [3.05, 3.63) is 114 Å². The Kier molecular flexibility index (Phi) is 3.82. The molecule has 2 amide bonds. The number of nitrogens with zero attached hydrogens (tertiary/aromatic N) is 1. The molecule has 0 radical (unpaired) electrons. The topological polar surface area (TPSA) is 51.1 Å². The molecule has 0 atom stereocenters. The van der Waals surface area contributed by atoms with Crippen molar-refractivity contribution in [1.29, 1.82) is 0 Å². The Morgan fingerprint density at radius 3 is 2.00 bits per heavy atom. The van der Waals surface area contributed by atoms with E-state index in [0.717, 1.165) is 38.6 Å². The fourth-order valence-corrected chi connectivity index (χ4v) is 5.27. The lowest BCUT2D eigenvalue weighted by atomic mass is 9.94. The van der Waals surface area contributed by atoms with Crippen molar-refractivity contribution in [2.24, 2.45) is 0 Å². The number of fused-ring (bicyclic) bond motifs is 5. The van der Waals surface area contributed by atoms with Crippen LogP contribution < -0.4 is 5.32 Å². The number of hydrogen-bond donors (Lipinski definition) is 1. The van der Waals surface area contributed by atoms with Crippen LogP contribution in [0.4, 0.5) is 0 Å². The molecule has 0 unspecified atom stereocenters. The van der Waals surface area contributed by atoms with Gasteiger partial charge in [-0.15, -0.1) is 0 Å². The SMILES string of the molecule is O=C1NC(=O)c2c1cccc2-c1ccc2c(-n3c4ccccc4c4ccccc43)cccc2c1. The Morgan fingerprint density at radius 1 is 0.559 bits per heavy atom. The van der Waals surface area contributed by atoms with E-state index in [1.807, 2.05) is 18.2 Å². The molecule has 7 rings (SSSR count). The number of aromatic nitrogens is 1. The van der Waals surface area contributed by atoms with Crippen molar-refractivity contribution in [3.8, 4) is 16.8 Å². The number of imide groups is 1. The van der Waals surface area contributed by atoms with Gasteiger partial charge < -0.3 is 4.57 Å². The minimum absolute atomic E-state index is 0.337. The van der Waals surface area contributed by atoms with Gasteiger partial charge >= 0.3 is 0 Å². The van der Waals surface area contributed by atoms with Crippen molar-refractivity contribution in [1.82, 2.24) is 9.88 Å². The molecule has 4 heteroatoms. The van der Waals surface area contributed by atoms with E-state index < -0.39 is 0 Å². The molecule has 0 fully saturated rings. The largest absolute Gasteiger partial charge is 0.309 e. The van der Waals surface area contributed by atoms with Gasteiger partial charge in [-0.05, 0) is 46.8 Å². The van der Waals surface area contributed by atoms with E-state index in [1.54, 1.807) is 6.07 Å². The highest BCUT2D eigenvalue weighted by Crippen LogP contribution is 2.36. The maximum absolute atomic E-state index is 12.5. The minimum Gasteiger partial charge on any atom is -0.309 e. The van der Waals surface area contributed by atoms with Crippen LogP contribution in [0.3, 0.4) is 0 Å². The maximum Gasteiger partial charge on any atom is 0.259 e. The second-order valence-corrected chi connectivity index (χ2v) is 8.59. The Labute approximate surface area is 195 Å². The molecular weight excluding hydrogens is 420 g/mol. The molecule has 0 aliphatic carbocycles. The first-order valence-electron chi connectivity index (χ1n) is 11.2. The molecule has 6 aromatic rings. The Balaban J connectivity index is 1.48. The van der Waals surface area contributed by atoms with Gasteiger partial charge in [0.05, 0.1) is 27.8 Å². The zero-order valence-electron chi connectivity index (χ0n) is 18.1. The quantitative estimate of drug-likeness (QED) is 0.314. The van der Waals surface area contributed by atoms with Crippen LogP contribution in [0, 0.1) is 0 Å². The molecule has 2 heterocycles. The molecule has 0 bridgehead atoms. The summed E-state index contributed by atoms with van der Waals surface area (Å²) < 4.78 is 2.32. The summed E-state index contributed by atoms with van der Waals surface area (Å²) in [7, 11) is 0.